The molecule has 1 aromatic carbocycles. The van der Waals surface area contributed by atoms with E-state index in [1.165, 1.54) is 8.96 Å². The van der Waals surface area contributed by atoms with E-state index in [1.807, 2.05) is 12.1 Å². The van der Waals surface area contributed by atoms with Crippen molar-refractivity contribution in [1.82, 2.24) is 0 Å². The summed E-state index contributed by atoms with van der Waals surface area (Å²) in [6.45, 7) is 0. The van der Waals surface area contributed by atoms with Gasteiger partial charge in [0.2, 0.25) is 0 Å². The van der Waals surface area contributed by atoms with Crippen molar-refractivity contribution in [2.45, 2.75) is 4.90 Å². The van der Waals surface area contributed by atoms with Crippen LogP contribution in [0.15, 0.2) is 22.4 Å². The molecule has 0 aliphatic carbocycles. The molecule has 0 saturated heterocycles. The zero-order chi connectivity index (χ0) is 9.42. The van der Waals surface area contributed by atoms with E-state index >= 15 is 0 Å². The lowest BCUT2D eigenvalue weighted by molar-refractivity contribution is 0.112. The predicted molar refractivity (Wildman–Crippen MR) is 67.2 cm³/mol. The number of fused-ring (bicyclic) bond motifs is 1. The Hall–Kier alpha value is -0.0700. The summed E-state index contributed by atoms with van der Waals surface area (Å²) in [5.41, 5.74) is 0.661. The first-order valence-corrected chi connectivity index (χ1v) is 5.98. The Morgan fingerprint density at radius 3 is 2.92 bits per heavy atom. The van der Waals surface area contributed by atoms with Crippen LogP contribution in [-0.4, -0.2) is 6.29 Å². The van der Waals surface area contributed by atoms with E-state index in [0.29, 0.717) is 5.56 Å². The van der Waals surface area contributed by atoms with Gasteiger partial charge in [0.15, 0.2) is 6.29 Å². The van der Waals surface area contributed by atoms with E-state index in [1.54, 1.807) is 11.3 Å². The molecule has 0 unspecified atom stereocenters. The van der Waals surface area contributed by atoms with E-state index in [9.17, 15) is 4.79 Å². The standard InChI is InChI=1S/C9H5IOS2/c10-7-4-13-9-1-5(3-11)8(12)2-6(7)9/h1-4,12H. The fraction of sp³-hybridized carbons (Fsp3) is 0. The van der Waals surface area contributed by atoms with Gasteiger partial charge in [-0.3, -0.25) is 4.79 Å². The lowest BCUT2D eigenvalue weighted by Gasteiger charge is -1.97. The molecule has 2 aromatic rings. The summed E-state index contributed by atoms with van der Waals surface area (Å²) in [6, 6.07) is 3.83. The summed E-state index contributed by atoms with van der Waals surface area (Å²) >= 11 is 8.18. The van der Waals surface area contributed by atoms with Crippen molar-refractivity contribution in [2.24, 2.45) is 0 Å². The molecule has 1 heterocycles. The van der Waals surface area contributed by atoms with Crippen molar-refractivity contribution in [1.29, 1.82) is 0 Å². The van der Waals surface area contributed by atoms with E-state index in [0.717, 1.165) is 15.9 Å². The Kier molecular flexibility index (Phi) is 2.62. The molecule has 0 saturated carbocycles. The highest BCUT2D eigenvalue weighted by atomic mass is 127. The number of hydrogen-bond donors (Lipinski definition) is 1. The van der Waals surface area contributed by atoms with E-state index in [4.69, 9.17) is 0 Å². The van der Waals surface area contributed by atoms with Gasteiger partial charge in [-0.05, 0) is 34.7 Å². The number of thiophene rings is 1. The number of halogens is 1. The zero-order valence-electron chi connectivity index (χ0n) is 6.45. The number of carbonyl (C=O) groups is 1. The second-order valence-corrected chi connectivity index (χ2v) is 5.16. The van der Waals surface area contributed by atoms with Gasteiger partial charge < -0.3 is 0 Å². The van der Waals surface area contributed by atoms with Gasteiger partial charge in [0.25, 0.3) is 0 Å². The second-order valence-electron chi connectivity index (χ2n) is 2.61. The summed E-state index contributed by atoms with van der Waals surface area (Å²) in [5.74, 6) is 0. The molecule has 0 N–H and O–H groups in total. The number of thiol groups is 1. The summed E-state index contributed by atoms with van der Waals surface area (Å²) < 4.78 is 2.36. The van der Waals surface area contributed by atoms with Gasteiger partial charge in [-0.2, -0.15) is 0 Å². The average molecular weight is 320 g/mol. The summed E-state index contributed by atoms with van der Waals surface area (Å²) in [7, 11) is 0. The van der Waals surface area contributed by atoms with Crippen LogP contribution in [0.4, 0.5) is 0 Å². The molecular weight excluding hydrogens is 315 g/mol. The fourth-order valence-corrected chi connectivity index (χ4v) is 3.25. The highest BCUT2D eigenvalue weighted by molar-refractivity contribution is 14.1. The molecule has 0 radical (unpaired) electrons. The molecule has 2 rings (SSSR count). The highest BCUT2D eigenvalue weighted by Gasteiger charge is 2.05. The Balaban J connectivity index is 2.83. The van der Waals surface area contributed by atoms with E-state index < -0.39 is 0 Å². The molecule has 0 amide bonds. The minimum atomic E-state index is 0.661. The Bertz CT molecular complexity index is 476. The maximum Gasteiger partial charge on any atom is 0.151 e. The smallest absolute Gasteiger partial charge is 0.151 e. The van der Waals surface area contributed by atoms with Crippen LogP contribution in [-0.2, 0) is 0 Å². The first-order valence-electron chi connectivity index (χ1n) is 3.57. The number of rotatable bonds is 1. The predicted octanol–water partition coefficient (Wildman–Crippen LogP) is 3.61. The molecule has 0 fully saturated rings. The van der Waals surface area contributed by atoms with Crippen LogP contribution in [0.25, 0.3) is 10.1 Å². The van der Waals surface area contributed by atoms with Crippen molar-refractivity contribution < 1.29 is 4.79 Å². The van der Waals surface area contributed by atoms with Crippen LogP contribution >= 0.6 is 46.6 Å². The summed E-state index contributed by atoms with van der Waals surface area (Å²) in [4.78, 5) is 11.4. The van der Waals surface area contributed by atoms with E-state index in [-0.39, 0.29) is 0 Å². The molecule has 0 aliphatic heterocycles. The topological polar surface area (TPSA) is 17.1 Å². The maximum absolute atomic E-state index is 10.6. The zero-order valence-corrected chi connectivity index (χ0v) is 10.3. The van der Waals surface area contributed by atoms with Crippen LogP contribution in [0, 0.1) is 3.57 Å². The average Bonchev–Trinajstić information content (AvgIpc) is 2.47. The lowest BCUT2D eigenvalue weighted by Crippen LogP contribution is -1.81. The Morgan fingerprint density at radius 2 is 2.23 bits per heavy atom. The minimum absolute atomic E-state index is 0.661. The quantitative estimate of drug-likeness (QED) is 0.483. The van der Waals surface area contributed by atoms with Crippen LogP contribution in [0.2, 0.25) is 0 Å². The lowest BCUT2D eigenvalue weighted by atomic mass is 10.2. The molecular formula is C9H5IOS2. The molecule has 13 heavy (non-hydrogen) atoms. The molecule has 66 valence electrons. The van der Waals surface area contributed by atoms with Crippen molar-refractivity contribution >= 4 is 62.9 Å². The molecule has 0 bridgehead atoms. The Morgan fingerprint density at radius 1 is 1.46 bits per heavy atom. The Labute approximate surface area is 98.7 Å². The minimum Gasteiger partial charge on any atom is -0.298 e. The van der Waals surface area contributed by atoms with Crippen molar-refractivity contribution in [3.05, 3.63) is 26.6 Å². The van der Waals surface area contributed by atoms with Crippen LogP contribution < -0.4 is 0 Å². The normalized spacial score (nSPS) is 10.6. The van der Waals surface area contributed by atoms with Gasteiger partial charge in [0.05, 0.1) is 0 Å². The summed E-state index contributed by atoms with van der Waals surface area (Å²) in [5, 5.41) is 3.26. The van der Waals surface area contributed by atoms with Crippen LogP contribution in [0.5, 0.6) is 0 Å². The SMILES string of the molecule is O=Cc1cc2scc(I)c2cc1S. The molecule has 0 spiro atoms. The third-order valence-electron chi connectivity index (χ3n) is 1.80. The monoisotopic (exact) mass is 320 g/mol. The number of aldehydes is 1. The number of benzene rings is 1. The molecule has 4 heteroatoms. The van der Waals surface area contributed by atoms with Crippen molar-refractivity contribution in [3.63, 3.8) is 0 Å². The molecule has 1 aromatic heterocycles. The van der Waals surface area contributed by atoms with Crippen LogP contribution in [0.3, 0.4) is 0 Å². The van der Waals surface area contributed by atoms with Gasteiger partial charge >= 0.3 is 0 Å². The van der Waals surface area contributed by atoms with Crippen molar-refractivity contribution in [3.8, 4) is 0 Å². The third kappa shape index (κ3) is 1.62. The first-order chi connectivity index (χ1) is 6.22. The summed E-state index contributed by atoms with van der Waals surface area (Å²) in [6.07, 6.45) is 0.842. The molecule has 0 atom stereocenters. The maximum atomic E-state index is 10.6. The van der Waals surface area contributed by atoms with Crippen LogP contribution in [0.1, 0.15) is 10.4 Å². The third-order valence-corrected chi connectivity index (χ3v) is 4.45. The fourth-order valence-electron chi connectivity index (χ4n) is 1.14. The van der Waals surface area contributed by atoms with Gasteiger partial charge in [-0.1, -0.05) is 0 Å². The van der Waals surface area contributed by atoms with Gasteiger partial charge in [0, 0.05) is 29.5 Å². The highest BCUT2D eigenvalue weighted by Crippen LogP contribution is 2.30. The first kappa shape index (κ1) is 9.48. The van der Waals surface area contributed by atoms with E-state index in [2.05, 4.69) is 40.6 Å². The molecule has 1 nitrogen and oxygen atoms in total. The van der Waals surface area contributed by atoms with Gasteiger partial charge in [-0.25, -0.2) is 0 Å². The largest absolute Gasteiger partial charge is 0.298 e. The van der Waals surface area contributed by atoms with Crippen molar-refractivity contribution in [2.75, 3.05) is 0 Å². The van der Waals surface area contributed by atoms with Gasteiger partial charge in [-0.15, -0.1) is 24.0 Å². The number of carbonyl (C=O) groups excluding carboxylic acids is 1. The van der Waals surface area contributed by atoms with Gasteiger partial charge in [0.1, 0.15) is 0 Å². The molecule has 0 aliphatic rings. The second kappa shape index (κ2) is 3.59. The number of hydrogen-bond acceptors (Lipinski definition) is 3.